The van der Waals surface area contributed by atoms with Gasteiger partial charge in [0.1, 0.15) is 22.2 Å². The maximum absolute atomic E-state index is 12.9. The molecule has 95 heavy (non-hydrogen) atoms. The minimum Gasteiger partial charge on any atom is -0.481 e. The van der Waals surface area contributed by atoms with Gasteiger partial charge >= 0.3 is 24.1 Å². The van der Waals surface area contributed by atoms with Gasteiger partial charge in [-0.05, 0) is 219 Å². The zero-order valence-corrected chi connectivity index (χ0v) is 57.5. The Morgan fingerprint density at radius 2 is 0.842 bits per heavy atom. The summed E-state index contributed by atoms with van der Waals surface area (Å²) >= 11 is 0. The van der Waals surface area contributed by atoms with E-state index in [0.717, 1.165) is 104 Å². The van der Waals surface area contributed by atoms with Crippen LogP contribution in [0.1, 0.15) is 160 Å². The second-order valence-electron chi connectivity index (χ2n) is 26.5. The number of nitrogens with zero attached hydrogens (tertiary/aromatic N) is 5. The van der Waals surface area contributed by atoms with E-state index in [0.29, 0.717) is 49.3 Å². The summed E-state index contributed by atoms with van der Waals surface area (Å²) < 4.78 is 22.0. The molecule has 2 heterocycles. The lowest BCUT2D eigenvalue weighted by atomic mass is 10.1. The van der Waals surface area contributed by atoms with Crippen molar-refractivity contribution >= 4 is 70.0 Å². The molecule has 0 unspecified atom stereocenters. The number of carboxylic acid groups (broad SMARTS) is 2. The maximum Gasteiger partial charge on any atom is 0.410 e. The fourth-order valence-electron chi connectivity index (χ4n) is 11.9. The fraction of sp³-hybridized carbons (Fsp3) is 0.528. The second kappa shape index (κ2) is 35.0. The third kappa shape index (κ3) is 22.4. The number of nitrogens with one attached hydrogen (secondary N) is 4. The van der Waals surface area contributed by atoms with Crippen molar-refractivity contribution in [1.82, 2.24) is 45.9 Å². The van der Waals surface area contributed by atoms with Gasteiger partial charge in [0.25, 0.3) is 5.91 Å². The van der Waals surface area contributed by atoms with E-state index in [9.17, 15) is 38.4 Å². The molecule has 23 heteroatoms. The SMILES string of the molecule is CCNC(=O)[C@H]1CC[C@@H](N(C)C(=O)OC(C)(C)C)C1.CCNC(=O)[C@H]1CC[C@@H](N(C)C(=O)c2ccc(-c3nc4ccccc4o3)cc2)C1.CCNC(=O)[C@H]1CC[C@@H](NC)C1.CN(C(=O)OC(C)(C)C)[C@@H]1CC[C@H](C(=O)O)C1.O=C(O)c1ccc(-c2nc3ccccc3o2)cc1. The van der Waals surface area contributed by atoms with Gasteiger partial charge in [-0.15, -0.1) is 0 Å². The quantitative estimate of drug-likeness (QED) is 0.0556. The topological polar surface area (TPSA) is 305 Å². The van der Waals surface area contributed by atoms with E-state index in [1.54, 1.807) is 48.2 Å². The number of ether oxygens (including phenoxy) is 2. The van der Waals surface area contributed by atoms with E-state index in [1.807, 2.05) is 137 Å². The Bertz CT molecular complexity index is 3450. The molecule has 0 radical (unpaired) electrons. The monoisotopic (exact) mass is 1310 g/mol. The number of aliphatic carboxylic acids is 1. The molecule has 6 aromatic rings. The summed E-state index contributed by atoms with van der Waals surface area (Å²) in [6.45, 7) is 18.8. The molecule has 4 aliphatic carbocycles. The lowest BCUT2D eigenvalue weighted by Crippen LogP contribution is -2.40. The van der Waals surface area contributed by atoms with Crippen molar-refractivity contribution in [3.8, 4) is 22.9 Å². The normalized spacial score (nSPS) is 20.3. The number of fused-ring (bicyclic) bond motifs is 2. The van der Waals surface area contributed by atoms with Crippen LogP contribution in [0, 0.1) is 23.7 Å². The Hall–Kier alpha value is -8.86. The molecule has 4 fully saturated rings. The predicted octanol–water partition coefficient (Wildman–Crippen LogP) is 11.8. The third-order valence-corrected chi connectivity index (χ3v) is 17.2. The largest absolute Gasteiger partial charge is 0.481 e. The first kappa shape index (κ1) is 75.2. The van der Waals surface area contributed by atoms with Crippen molar-refractivity contribution in [3.63, 3.8) is 0 Å². The second-order valence-corrected chi connectivity index (χ2v) is 26.5. The number of carbonyl (C=O) groups is 8. The minimum atomic E-state index is -0.945. The average Bonchev–Trinajstić information content (AvgIpc) is 1.73. The smallest absolute Gasteiger partial charge is 0.410 e. The molecule has 10 rings (SSSR count). The van der Waals surface area contributed by atoms with Gasteiger partial charge in [0, 0.05) is 99.4 Å². The van der Waals surface area contributed by atoms with Crippen LogP contribution in [-0.2, 0) is 28.7 Å². The first-order chi connectivity index (χ1) is 45.0. The number of amides is 6. The highest BCUT2D eigenvalue weighted by Crippen LogP contribution is 2.34. The van der Waals surface area contributed by atoms with E-state index in [1.165, 1.54) is 17.0 Å². The molecule has 0 aliphatic heterocycles. The lowest BCUT2D eigenvalue weighted by molar-refractivity contribution is -0.141. The molecule has 23 nitrogen and oxygen atoms in total. The number of hydrogen-bond acceptors (Lipinski definition) is 15. The predicted molar refractivity (Wildman–Crippen MR) is 363 cm³/mol. The molecule has 4 saturated carbocycles. The first-order valence-electron chi connectivity index (χ1n) is 33.1. The van der Waals surface area contributed by atoms with Crippen molar-refractivity contribution in [2.24, 2.45) is 23.7 Å². The molecule has 4 aliphatic rings. The Balaban J connectivity index is 0.000000194. The van der Waals surface area contributed by atoms with E-state index >= 15 is 0 Å². The molecule has 516 valence electrons. The van der Waals surface area contributed by atoms with E-state index in [2.05, 4.69) is 31.2 Å². The van der Waals surface area contributed by atoms with Crippen LogP contribution < -0.4 is 21.3 Å². The van der Waals surface area contributed by atoms with Crippen LogP contribution in [0.3, 0.4) is 0 Å². The molecule has 6 amide bonds. The van der Waals surface area contributed by atoms with Crippen LogP contribution in [0.2, 0.25) is 0 Å². The molecule has 0 saturated heterocycles. The van der Waals surface area contributed by atoms with E-state index in [-0.39, 0.29) is 83.2 Å². The van der Waals surface area contributed by atoms with Crippen molar-refractivity contribution < 1.29 is 66.9 Å². The molecule has 6 N–H and O–H groups in total. The first-order valence-corrected chi connectivity index (χ1v) is 33.1. The zero-order valence-electron chi connectivity index (χ0n) is 57.5. The van der Waals surface area contributed by atoms with Crippen molar-refractivity contribution in [3.05, 3.63) is 108 Å². The summed E-state index contributed by atoms with van der Waals surface area (Å²) in [6.07, 6.45) is 9.18. The zero-order chi connectivity index (χ0) is 69.7. The Labute approximate surface area is 557 Å². The number of aromatic carboxylic acids is 1. The molecule has 2 aromatic heterocycles. The van der Waals surface area contributed by atoms with Crippen LogP contribution in [0.5, 0.6) is 0 Å². The van der Waals surface area contributed by atoms with Crippen molar-refractivity contribution in [2.45, 2.75) is 175 Å². The highest BCUT2D eigenvalue weighted by molar-refractivity contribution is 5.95. The van der Waals surface area contributed by atoms with Crippen LogP contribution in [-0.4, -0.2) is 166 Å². The summed E-state index contributed by atoms with van der Waals surface area (Å²) in [5.74, 6) is -0.345. The number of hydrogen-bond donors (Lipinski definition) is 6. The molecular formula is C72H99N9O14. The lowest BCUT2D eigenvalue weighted by Gasteiger charge is -2.28. The van der Waals surface area contributed by atoms with Crippen LogP contribution in [0.25, 0.3) is 45.1 Å². The summed E-state index contributed by atoms with van der Waals surface area (Å²) in [6, 6.07) is 29.6. The number of aromatic nitrogens is 2. The Kier molecular flexibility index (Phi) is 27.7. The van der Waals surface area contributed by atoms with Gasteiger partial charge in [-0.25, -0.2) is 24.4 Å². The number of para-hydroxylation sites is 4. The number of benzene rings is 4. The molecule has 0 bridgehead atoms. The van der Waals surface area contributed by atoms with Gasteiger partial charge in [-0.2, -0.15) is 0 Å². The van der Waals surface area contributed by atoms with Gasteiger partial charge in [0.05, 0.1) is 11.5 Å². The Morgan fingerprint density at radius 3 is 1.19 bits per heavy atom. The van der Waals surface area contributed by atoms with E-state index < -0.39 is 23.1 Å². The number of carbonyl (C=O) groups excluding carboxylic acids is 6. The summed E-state index contributed by atoms with van der Waals surface area (Å²) in [5.41, 5.74) is 4.51. The molecule has 4 aromatic carbocycles. The summed E-state index contributed by atoms with van der Waals surface area (Å²) in [4.78, 5) is 107. The van der Waals surface area contributed by atoms with Crippen LogP contribution >= 0.6 is 0 Å². The van der Waals surface area contributed by atoms with Crippen LogP contribution in [0.4, 0.5) is 9.59 Å². The third-order valence-electron chi connectivity index (χ3n) is 17.2. The maximum atomic E-state index is 12.9. The summed E-state index contributed by atoms with van der Waals surface area (Å²) in [5, 5.41) is 29.5. The van der Waals surface area contributed by atoms with Gasteiger partial charge in [0.2, 0.25) is 29.5 Å². The minimum absolute atomic E-state index is 0.00302. The molecule has 0 spiro atoms. The fourth-order valence-corrected chi connectivity index (χ4v) is 11.9. The molecule has 8 atom stereocenters. The van der Waals surface area contributed by atoms with Crippen molar-refractivity contribution in [2.75, 3.05) is 47.8 Å². The summed E-state index contributed by atoms with van der Waals surface area (Å²) in [7, 11) is 7.20. The van der Waals surface area contributed by atoms with E-state index in [4.69, 9.17) is 28.5 Å². The van der Waals surface area contributed by atoms with Crippen LogP contribution in [0.15, 0.2) is 106 Å². The highest BCUT2D eigenvalue weighted by Gasteiger charge is 2.38. The number of oxazole rings is 2. The van der Waals surface area contributed by atoms with Crippen molar-refractivity contribution in [1.29, 1.82) is 0 Å². The Morgan fingerprint density at radius 1 is 0.484 bits per heavy atom. The number of carboxylic acids is 2. The van der Waals surface area contributed by atoms with Gasteiger partial charge in [0.15, 0.2) is 11.2 Å². The van der Waals surface area contributed by atoms with Gasteiger partial charge in [-0.1, -0.05) is 24.3 Å². The highest BCUT2D eigenvalue weighted by atomic mass is 16.6. The van der Waals surface area contributed by atoms with Gasteiger partial charge < -0.3 is 64.5 Å². The molecular weight excluding hydrogens is 1210 g/mol. The van der Waals surface area contributed by atoms with Gasteiger partial charge in [-0.3, -0.25) is 24.0 Å². The average molecular weight is 1310 g/mol. The number of rotatable bonds is 15. The standard InChI is InChI=1S/C23H25N3O3.C14H26N2O3.C14H9NO3.C12H21NO4.C9H18N2O/c1-3-24-21(27)17-12-13-18(14-17)26(2)23(28)16-10-8-15(9-11-16)22-25-19-6-4-5-7-20(19)29-22;1-6-15-12(17)10-7-8-11(9-10)16(5)13(18)19-14(2,3)4;16-14(17)10-7-5-9(6-8-10)13-15-11-3-1-2-4-12(11)18-13;1-12(2,3)17-11(16)13(4)9-6-5-8(7-9)10(14)15;1-3-11-9(12)7-4-5-8(6-7)10-2/h4-11,17-18H,3,12-14H2,1-2H3,(H,24,27);10-11H,6-9H2,1-5H3,(H,15,17);1-8H,(H,16,17);8-9H,5-7H2,1-4H3,(H,14,15);7-8,10H,3-6H2,1-2H3,(H,11,12)/t17-,18+;10-,11+;;8-,9+;7-,8+/m00.00/s1.